The fraction of sp³-hybridized carbons (Fsp3) is 0.200. The van der Waals surface area contributed by atoms with Gasteiger partial charge in [-0.3, -0.25) is 14.9 Å². The summed E-state index contributed by atoms with van der Waals surface area (Å²) in [4.78, 5) is 38.3. The molecule has 5 rings (SSSR count). The van der Waals surface area contributed by atoms with Gasteiger partial charge in [0.1, 0.15) is 28.7 Å². The van der Waals surface area contributed by atoms with E-state index in [9.17, 15) is 9.59 Å². The summed E-state index contributed by atoms with van der Waals surface area (Å²) in [5.41, 5.74) is 2.21. The number of aromatic nitrogens is 2. The van der Waals surface area contributed by atoms with E-state index in [0.717, 1.165) is 43.4 Å². The number of benzene rings is 1. The molecule has 2 amide bonds. The predicted molar refractivity (Wildman–Crippen MR) is 140 cm³/mol. The van der Waals surface area contributed by atoms with Gasteiger partial charge in [0.05, 0.1) is 10.3 Å². The third-order valence-electron chi connectivity index (χ3n) is 5.47. The molecule has 178 valence electrons. The van der Waals surface area contributed by atoms with E-state index in [0.29, 0.717) is 18.2 Å². The van der Waals surface area contributed by atoms with Gasteiger partial charge in [0.2, 0.25) is 0 Å². The van der Waals surface area contributed by atoms with E-state index in [2.05, 4.69) is 15.5 Å². The zero-order valence-corrected chi connectivity index (χ0v) is 21.0. The van der Waals surface area contributed by atoms with Crippen molar-refractivity contribution in [1.82, 2.24) is 20.2 Å². The van der Waals surface area contributed by atoms with Crippen molar-refractivity contribution in [3.05, 3.63) is 59.1 Å². The summed E-state index contributed by atoms with van der Waals surface area (Å²) in [6.45, 7) is 3.48. The molecule has 35 heavy (non-hydrogen) atoms. The van der Waals surface area contributed by atoms with Crippen LogP contribution >= 0.6 is 22.7 Å². The van der Waals surface area contributed by atoms with Gasteiger partial charge in [0.15, 0.2) is 5.82 Å². The normalized spacial score (nSPS) is 13.4. The van der Waals surface area contributed by atoms with Crippen LogP contribution in [0, 0.1) is 6.92 Å². The minimum atomic E-state index is -0.475. The lowest BCUT2D eigenvalue weighted by Crippen LogP contribution is -2.24. The first-order valence-electron chi connectivity index (χ1n) is 11.0. The second-order valence-electron chi connectivity index (χ2n) is 8.29. The summed E-state index contributed by atoms with van der Waals surface area (Å²) in [5, 5.41) is 8.13. The molecule has 1 aromatic carbocycles. The monoisotopic (exact) mass is 505 g/mol. The molecule has 0 spiro atoms. The van der Waals surface area contributed by atoms with Crippen molar-refractivity contribution in [3.8, 4) is 26.9 Å². The molecule has 4 heterocycles. The van der Waals surface area contributed by atoms with Crippen LogP contribution in [-0.4, -0.2) is 53.9 Å². The summed E-state index contributed by atoms with van der Waals surface area (Å²) in [5.74, 6) is 0.963. The van der Waals surface area contributed by atoms with Crippen LogP contribution in [-0.2, 0) is 9.59 Å². The van der Waals surface area contributed by atoms with Gasteiger partial charge in [-0.2, -0.15) is 0 Å². The van der Waals surface area contributed by atoms with Gasteiger partial charge >= 0.3 is 0 Å². The zero-order chi connectivity index (χ0) is 24.5. The van der Waals surface area contributed by atoms with Gasteiger partial charge < -0.3 is 15.0 Å². The summed E-state index contributed by atoms with van der Waals surface area (Å²) in [6, 6.07) is 11.9. The molecule has 0 radical (unpaired) electrons. The average molecular weight is 506 g/mol. The second-order valence-corrected chi connectivity index (χ2v) is 10.2. The SMILES string of the molecule is Cc1c(-c2ccc(OCCN(C)C)cc2)sc2nc(-c3cccs3)nc(NC3=CC(=O)NC3=O)c12. The quantitative estimate of drug-likeness (QED) is 0.345. The fourth-order valence-corrected chi connectivity index (χ4v) is 5.55. The molecule has 3 aromatic heterocycles. The van der Waals surface area contributed by atoms with Crippen LogP contribution in [0.25, 0.3) is 31.4 Å². The highest BCUT2D eigenvalue weighted by Crippen LogP contribution is 2.42. The van der Waals surface area contributed by atoms with Crippen LogP contribution in [0.3, 0.4) is 0 Å². The minimum absolute atomic E-state index is 0.165. The zero-order valence-electron chi connectivity index (χ0n) is 19.4. The third kappa shape index (κ3) is 4.81. The molecule has 0 bridgehead atoms. The molecular weight excluding hydrogens is 482 g/mol. The number of carbonyl (C=O) groups excluding carboxylic acids is 2. The molecule has 0 fully saturated rings. The van der Waals surface area contributed by atoms with Gasteiger partial charge in [-0.1, -0.05) is 6.07 Å². The Bertz CT molecular complexity index is 1440. The molecule has 8 nitrogen and oxygen atoms in total. The third-order valence-corrected chi connectivity index (χ3v) is 7.57. The van der Waals surface area contributed by atoms with Crippen LogP contribution < -0.4 is 15.4 Å². The number of nitrogens with one attached hydrogen (secondary N) is 2. The highest BCUT2D eigenvalue weighted by molar-refractivity contribution is 7.22. The molecule has 1 aliphatic rings. The Morgan fingerprint density at radius 3 is 2.57 bits per heavy atom. The number of ether oxygens (including phenoxy) is 1. The Balaban J connectivity index is 1.54. The summed E-state index contributed by atoms with van der Waals surface area (Å²) in [7, 11) is 4.03. The average Bonchev–Trinajstić information content (AvgIpc) is 3.54. The molecule has 0 saturated heterocycles. The molecule has 1 aliphatic heterocycles. The van der Waals surface area contributed by atoms with Gasteiger partial charge in [-0.15, -0.1) is 22.7 Å². The number of rotatable bonds is 8. The Labute approximate surface area is 210 Å². The highest BCUT2D eigenvalue weighted by atomic mass is 32.1. The Kier molecular flexibility index (Phi) is 6.33. The van der Waals surface area contributed by atoms with E-state index in [1.165, 1.54) is 6.08 Å². The topological polar surface area (TPSA) is 96.4 Å². The number of aryl methyl sites for hydroxylation is 1. The molecule has 0 unspecified atom stereocenters. The van der Waals surface area contributed by atoms with Crippen LogP contribution in [0.1, 0.15) is 5.56 Å². The van der Waals surface area contributed by atoms with Crippen LogP contribution in [0.4, 0.5) is 5.82 Å². The largest absolute Gasteiger partial charge is 0.492 e. The molecule has 10 heteroatoms. The van der Waals surface area contributed by atoms with Crippen LogP contribution in [0.2, 0.25) is 0 Å². The van der Waals surface area contributed by atoms with Gasteiger partial charge in [-0.05, 0) is 67.9 Å². The summed E-state index contributed by atoms with van der Waals surface area (Å²) < 4.78 is 5.83. The number of fused-ring (bicyclic) bond motifs is 1. The van der Waals surface area contributed by atoms with E-state index in [-0.39, 0.29) is 5.70 Å². The number of imide groups is 1. The molecular formula is C25H23N5O3S2. The Hall–Kier alpha value is -3.60. The minimum Gasteiger partial charge on any atom is -0.492 e. The number of thiophene rings is 2. The van der Waals surface area contributed by atoms with Crippen molar-refractivity contribution >= 4 is 50.5 Å². The predicted octanol–water partition coefficient (Wildman–Crippen LogP) is 4.29. The molecule has 4 aromatic rings. The first kappa shape index (κ1) is 23.2. The highest BCUT2D eigenvalue weighted by Gasteiger charge is 2.24. The van der Waals surface area contributed by atoms with E-state index in [1.54, 1.807) is 22.7 Å². The number of nitrogens with zero attached hydrogens (tertiary/aromatic N) is 3. The van der Waals surface area contributed by atoms with Crippen molar-refractivity contribution < 1.29 is 14.3 Å². The van der Waals surface area contributed by atoms with Gasteiger partial charge in [0.25, 0.3) is 11.8 Å². The smallest absolute Gasteiger partial charge is 0.274 e. The van der Waals surface area contributed by atoms with E-state index in [1.807, 2.05) is 62.8 Å². The molecule has 2 N–H and O–H groups in total. The number of hydrogen-bond acceptors (Lipinski definition) is 9. The van der Waals surface area contributed by atoms with Crippen molar-refractivity contribution in [2.24, 2.45) is 0 Å². The summed E-state index contributed by atoms with van der Waals surface area (Å²) in [6.07, 6.45) is 1.25. The van der Waals surface area contributed by atoms with Crippen molar-refractivity contribution in [1.29, 1.82) is 0 Å². The van der Waals surface area contributed by atoms with Gasteiger partial charge in [0, 0.05) is 17.5 Å². The second kappa shape index (κ2) is 9.57. The van der Waals surface area contributed by atoms with Crippen molar-refractivity contribution in [2.75, 3.05) is 32.6 Å². The number of likely N-dealkylation sites (N-methyl/N-ethyl adjacent to an activating group) is 1. The van der Waals surface area contributed by atoms with Crippen LogP contribution in [0.5, 0.6) is 5.75 Å². The van der Waals surface area contributed by atoms with E-state index < -0.39 is 11.8 Å². The summed E-state index contributed by atoms with van der Waals surface area (Å²) >= 11 is 3.11. The lowest BCUT2D eigenvalue weighted by Gasteiger charge is -2.11. The molecule has 0 aliphatic carbocycles. The van der Waals surface area contributed by atoms with Crippen molar-refractivity contribution in [2.45, 2.75) is 6.92 Å². The Morgan fingerprint density at radius 2 is 1.91 bits per heavy atom. The van der Waals surface area contributed by atoms with Crippen molar-refractivity contribution in [3.63, 3.8) is 0 Å². The maximum Gasteiger partial charge on any atom is 0.274 e. The molecule has 0 atom stereocenters. The fourth-order valence-electron chi connectivity index (χ4n) is 3.70. The lowest BCUT2D eigenvalue weighted by molar-refractivity contribution is -0.123. The maximum atomic E-state index is 12.2. The van der Waals surface area contributed by atoms with Crippen LogP contribution in [0.15, 0.2) is 53.6 Å². The number of amides is 2. The first-order valence-corrected chi connectivity index (χ1v) is 12.7. The number of hydrogen-bond donors (Lipinski definition) is 2. The number of carbonyl (C=O) groups is 2. The standard InChI is InChI=1S/C25H23N5O3S2/c1-14-20-23(26-17-13-19(31)27-24(17)32)28-22(18-5-4-12-34-18)29-25(20)35-21(14)15-6-8-16(9-7-15)33-11-10-30(2)3/h4-9,12-13H,10-11H2,1-3H3,(H2,26,27,28,29,31,32). The molecule has 0 saturated carbocycles. The number of anilines is 1. The van der Waals surface area contributed by atoms with E-state index in [4.69, 9.17) is 14.7 Å². The first-order chi connectivity index (χ1) is 16.9. The van der Waals surface area contributed by atoms with Gasteiger partial charge in [-0.25, -0.2) is 9.97 Å². The maximum absolute atomic E-state index is 12.2. The Morgan fingerprint density at radius 1 is 1.11 bits per heavy atom. The van der Waals surface area contributed by atoms with E-state index >= 15 is 0 Å². The lowest BCUT2D eigenvalue weighted by atomic mass is 10.1.